The zero-order valence-corrected chi connectivity index (χ0v) is 27.8. The van der Waals surface area contributed by atoms with Gasteiger partial charge in [-0.3, -0.25) is 19.8 Å². The summed E-state index contributed by atoms with van der Waals surface area (Å²) in [5.74, 6) is 2.58. The number of pyridine rings is 1. The number of halogens is 3. The molecule has 1 aliphatic heterocycles. The minimum absolute atomic E-state index is 0. The second-order valence-corrected chi connectivity index (χ2v) is 11.1. The summed E-state index contributed by atoms with van der Waals surface area (Å²) >= 11 is 0. The fourth-order valence-corrected chi connectivity index (χ4v) is 6.08. The quantitative estimate of drug-likeness (QED) is 0.232. The number of rotatable bonds is 6. The molecule has 0 N–H and O–H groups in total. The zero-order valence-electron chi connectivity index (χ0n) is 23.7. The van der Waals surface area contributed by atoms with Gasteiger partial charge in [0, 0.05) is 32.5 Å². The Balaban J connectivity index is 0.00000194. The summed E-state index contributed by atoms with van der Waals surface area (Å²) in [5.41, 5.74) is 0.490. The number of piperidine rings is 1. The van der Waals surface area contributed by atoms with Crippen LogP contribution in [0.15, 0.2) is 53.8 Å². The van der Waals surface area contributed by atoms with E-state index < -0.39 is 17.4 Å². The van der Waals surface area contributed by atoms with E-state index in [1.165, 1.54) is 22.7 Å². The molecule has 4 aromatic rings. The summed E-state index contributed by atoms with van der Waals surface area (Å²) in [6.45, 7) is 4.23. The maximum absolute atomic E-state index is 14.2. The van der Waals surface area contributed by atoms with Gasteiger partial charge in [-0.1, -0.05) is 30.5 Å². The van der Waals surface area contributed by atoms with Crippen LogP contribution in [0.3, 0.4) is 0 Å². The van der Waals surface area contributed by atoms with Gasteiger partial charge in [-0.2, -0.15) is 26.0 Å². The van der Waals surface area contributed by atoms with Crippen LogP contribution in [0.4, 0.5) is 13.2 Å². The van der Waals surface area contributed by atoms with E-state index in [9.17, 15) is 18.0 Å². The number of benzene rings is 1. The molecule has 11 heteroatoms. The molecule has 3 aromatic heterocycles. The molecule has 216 valence electrons. The minimum atomic E-state index is -4.59. The van der Waals surface area contributed by atoms with Gasteiger partial charge in [-0.25, -0.2) is 4.79 Å². The summed E-state index contributed by atoms with van der Waals surface area (Å²) in [6, 6.07) is 8.66. The number of aromatic nitrogens is 5. The maximum Gasteiger partial charge on any atom is 2.00 e. The van der Waals surface area contributed by atoms with Crippen molar-refractivity contribution in [1.29, 1.82) is 0 Å². The van der Waals surface area contributed by atoms with Crippen LogP contribution in [0, 0.1) is 50.4 Å². The minimum Gasteiger partial charge on any atom is -0.358 e. The second kappa shape index (κ2) is 12.5. The molecule has 7 nitrogen and oxygen atoms in total. The zero-order chi connectivity index (χ0) is 27.3. The molecule has 0 amide bonds. The van der Waals surface area contributed by atoms with Crippen molar-refractivity contribution in [3.05, 3.63) is 95.4 Å². The van der Waals surface area contributed by atoms with Crippen LogP contribution in [0.1, 0.15) is 67.5 Å². The molecule has 0 radical (unpaired) electrons. The largest absolute Gasteiger partial charge is 2.00 e. The molecule has 1 saturated heterocycles. The summed E-state index contributed by atoms with van der Waals surface area (Å²) < 4.78 is 47.0. The molecule has 0 unspecified atom stereocenters. The van der Waals surface area contributed by atoms with Crippen molar-refractivity contribution in [2.75, 3.05) is 13.1 Å². The number of alkyl halides is 3. The predicted molar refractivity (Wildman–Crippen MR) is 148 cm³/mol. The maximum atomic E-state index is 14.2. The van der Waals surface area contributed by atoms with E-state index in [0.29, 0.717) is 23.7 Å². The number of nitrogens with zero attached hydrogens (tertiary/aromatic N) is 6. The average Bonchev–Trinajstić information content (AvgIpc) is 3.43. The van der Waals surface area contributed by atoms with Gasteiger partial charge in [-0.15, -0.1) is 16.6 Å². The Morgan fingerprint density at radius 1 is 1.15 bits per heavy atom. The first-order valence-electron chi connectivity index (χ1n) is 13.5. The first-order chi connectivity index (χ1) is 18.7. The van der Waals surface area contributed by atoms with Gasteiger partial charge in [0.1, 0.15) is 12.2 Å². The molecule has 1 aliphatic carbocycles. The molecule has 2 atom stereocenters. The molecule has 1 aromatic carbocycles. The van der Waals surface area contributed by atoms with Gasteiger partial charge < -0.3 is 12.0 Å². The Kier molecular flexibility index (Phi) is 9.62. The fraction of sp³-hybridized carbons (Fsp3) is 0.433. The Morgan fingerprint density at radius 3 is 2.56 bits per heavy atom. The van der Waals surface area contributed by atoms with Gasteiger partial charge in [0.05, 0.1) is 16.8 Å². The van der Waals surface area contributed by atoms with Crippen LogP contribution < -0.4 is 5.69 Å². The Bertz CT molecular complexity index is 1550. The summed E-state index contributed by atoms with van der Waals surface area (Å²) in [5, 5.41) is 8.39. The standard InChI is InChI=1S/C29H32F3N6O.CH3.U/c1-19-6-5-11-36(14-19)15-20-12-24(29(30,31)32)25-17-37(28(39)38(25)16-20)23-10-4-9-22(13-23)26(21-7-3-8-21)27-34-33-18-35(27)2;;/h4,9-10,12-13,16-19,26H,3,5-8,11,14-15H2,1-2H3;1H3;/q2*-1;+2/t19-,26+;;/m0../s1. The van der Waals surface area contributed by atoms with E-state index in [2.05, 4.69) is 22.0 Å². The number of aryl methyl sites for hydroxylation is 1. The van der Waals surface area contributed by atoms with Crippen molar-refractivity contribution in [2.24, 2.45) is 13.0 Å². The first-order valence-corrected chi connectivity index (χ1v) is 13.5. The van der Waals surface area contributed by atoms with E-state index in [0.717, 1.165) is 61.0 Å². The molecule has 0 bridgehead atoms. The first kappa shape index (κ1) is 31.6. The Morgan fingerprint density at radius 2 is 1.93 bits per heavy atom. The molecule has 2 aliphatic rings. The topological polar surface area (TPSA) is 60.4 Å². The second-order valence-electron chi connectivity index (χ2n) is 11.1. The normalized spacial score (nSPS) is 18.9. The van der Waals surface area contributed by atoms with Crippen molar-refractivity contribution in [2.45, 2.75) is 57.7 Å². The molecule has 6 rings (SSSR count). The number of fused-ring (bicyclic) bond motifs is 1. The predicted octanol–water partition coefficient (Wildman–Crippen LogP) is 5.81. The van der Waals surface area contributed by atoms with Crippen LogP contribution in [-0.2, 0) is 19.8 Å². The number of hydrogen-bond acceptors (Lipinski definition) is 4. The SMILES string of the molecule is C[C@H]1CCCN(Cc2cc(C(F)(F)F)c3cn(-c4cccc([C@H](c5nncn5C)[C-]5CCC5)c4)c(=O)n3c2)C1.[CH3-].[U+2]. The van der Waals surface area contributed by atoms with E-state index in [4.69, 9.17) is 0 Å². The molecule has 2 fully saturated rings. The van der Waals surface area contributed by atoms with Crippen molar-refractivity contribution in [1.82, 2.24) is 28.6 Å². The fourth-order valence-electron chi connectivity index (χ4n) is 6.08. The van der Waals surface area contributed by atoms with Crippen molar-refractivity contribution in [3.63, 3.8) is 0 Å². The van der Waals surface area contributed by atoms with E-state index in [-0.39, 0.29) is 50.0 Å². The summed E-state index contributed by atoms with van der Waals surface area (Å²) in [4.78, 5) is 15.8. The van der Waals surface area contributed by atoms with Gasteiger partial charge >= 0.3 is 43.0 Å². The van der Waals surface area contributed by atoms with Crippen LogP contribution in [0.5, 0.6) is 0 Å². The number of likely N-dealkylation sites (tertiary alicyclic amines) is 1. The van der Waals surface area contributed by atoms with Gasteiger partial charge in [0.2, 0.25) is 0 Å². The third-order valence-corrected chi connectivity index (χ3v) is 8.17. The molecule has 4 heterocycles. The molecular formula is C30H35F3N6OU. The van der Waals surface area contributed by atoms with E-state index >= 15 is 0 Å². The summed E-state index contributed by atoms with van der Waals surface area (Å²) in [7, 11) is 1.90. The van der Waals surface area contributed by atoms with Crippen LogP contribution in [-0.4, -0.2) is 41.7 Å². The smallest absolute Gasteiger partial charge is 0.358 e. The summed E-state index contributed by atoms with van der Waals surface area (Å²) in [6.07, 6.45) is 5.21. The van der Waals surface area contributed by atoms with E-state index in [1.54, 1.807) is 18.6 Å². The van der Waals surface area contributed by atoms with Crippen molar-refractivity contribution < 1.29 is 44.3 Å². The van der Waals surface area contributed by atoms with Crippen molar-refractivity contribution >= 4 is 5.52 Å². The molecular weight excluding hydrogens is 755 g/mol. The average molecular weight is 791 g/mol. The molecule has 41 heavy (non-hydrogen) atoms. The van der Waals surface area contributed by atoms with Gasteiger partial charge in [0.15, 0.2) is 0 Å². The molecule has 1 saturated carbocycles. The third kappa shape index (κ3) is 6.23. The van der Waals surface area contributed by atoms with Crippen LogP contribution in [0.2, 0.25) is 0 Å². The Hall–Kier alpha value is -2.35. The van der Waals surface area contributed by atoms with E-state index in [1.807, 2.05) is 29.8 Å². The van der Waals surface area contributed by atoms with Crippen molar-refractivity contribution in [3.8, 4) is 5.69 Å². The van der Waals surface area contributed by atoms with Crippen LogP contribution >= 0.6 is 0 Å². The van der Waals surface area contributed by atoms with Crippen LogP contribution in [0.25, 0.3) is 11.2 Å². The monoisotopic (exact) mass is 790 g/mol. The van der Waals surface area contributed by atoms with Gasteiger partial charge in [0.25, 0.3) is 0 Å². The third-order valence-electron chi connectivity index (χ3n) is 8.17. The van der Waals surface area contributed by atoms with Gasteiger partial charge in [-0.05, 0) is 49.1 Å². The Labute approximate surface area is 262 Å². The number of imidazole rings is 1. The molecule has 0 spiro atoms. The number of hydrogen-bond donors (Lipinski definition) is 0.